The molecule has 1 aromatic carbocycles. The molecule has 2 amide bonds. The van der Waals surface area contributed by atoms with E-state index >= 15 is 0 Å². The van der Waals surface area contributed by atoms with Gasteiger partial charge in [-0.25, -0.2) is 0 Å². The van der Waals surface area contributed by atoms with Gasteiger partial charge >= 0.3 is 0 Å². The molecule has 7 nitrogen and oxygen atoms in total. The predicted molar refractivity (Wildman–Crippen MR) is 108 cm³/mol. The van der Waals surface area contributed by atoms with Crippen LogP contribution in [0.2, 0.25) is 5.02 Å². The lowest BCUT2D eigenvalue weighted by Crippen LogP contribution is -2.35. The second-order valence-corrected chi connectivity index (χ2v) is 6.32. The highest BCUT2D eigenvalue weighted by atomic mass is 35.5. The van der Waals surface area contributed by atoms with Crippen LogP contribution in [0.3, 0.4) is 0 Å². The third-order valence-corrected chi connectivity index (χ3v) is 4.31. The van der Waals surface area contributed by atoms with Gasteiger partial charge in [0.05, 0.1) is 23.4 Å². The van der Waals surface area contributed by atoms with Crippen molar-refractivity contribution in [1.82, 2.24) is 10.2 Å². The number of halogens is 1. The van der Waals surface area contributed by atoms with E-state index in [0.29, 0.717) is 30.2 Å². The molecule has 0 unspecified atom stereocenters. The summed E-state index contributed by atoms with van der Waals surface area (Å²) >= 11 is 6.24. The van der Waals surface area contributed by atoms with Crippen LogP contribution >= 0.6 is 11.6 Å². The largest absolute Gasteiger partial charge is 0.496 e. The van der Waals surface area contributed by atoms with Crippen molar-refractivity contribution in [2.75, 3.05) is 51.8 Å². The molecule has 0 radical (unpaired) electrons. The van der Waals surface area contributed by atoms with E-state index in [9.17, 15) is 9.59 Å². The molecule has 2 N–H and O–H groups in total. The highest BCUT2D eigenvalue weighted by Crippen LogP contribution is 2.31. The first kappa shape index (κ1) is 23.2. The number of rotatable bonds is 12. The molecule has 152 valence electrons. The zero-order chi connectivity index (χ0) is 20.2. The van der Waals surface area contributed by atoms with E-state index in [1.807, 2.05) is 6.92 Å². The minimum Gasteiger partial charge on any atom is -0.496 e. The summed E-state index contributed by atoms with van der Waals surface area (Å²) in [4.78, 5) is 26.6. The van der Waals surface area contributed by atoms with E-state index in [-0.39, 0.29) is 23.4 Å². The van der Waals surface area contributed by atoms with Crippen molar-refractivity contribution in [2.45, 2.75) is 27.2 Å². The number of carbonyl (C=O) groups is 2. The molecule has 27 heavy (non-hydrogen) atoms. The summed E-state index contributed by atoms with van der Waals surface area (Å²) in [6.45, 7) is 9.72. The van der Waals surface area contributed by atoms with E-state index in [4.69, 9.17) is 21.1 Å². The quantitative estimate of drug-likeness (QED) is 0.528. The molecule has 0 aromatic heterocycles. The van der Waals surface area contributed by atoms with E-state index in [0.717, 1.165) is 26.1 Å². The Kier molecular flexibility index (Phi) is 10.8. The molecule has 8 heteroatoms. The van der Waals surface area contributed by atoms with Crippen LogP contribution in [0, 0.1) is 0 Å². The molecule has 0 saturated carbocycles. The van der Waals surface area contributed by atoms with Crippen molar-refractivity contribution in [3.8, 4) is 5.75 Å². The van der Waals surface area contributed by atoms with Gasteiger partial charge in [0.15, 0.2) is 0 Å². The smallest absolute Gasteiger partial charge is 0.255 e. The lowest BCUT2D eigenvalue weighted by Gasteiger charge is -2.18. The molecule has 1 rings (SSSR count). The molecule has 0 aliphatic heterocycles. The minimum absolute atomic E-state index is 0.0555. The molecule has 0 bridgehead atoms. The molecule has 0 fully saturated rings. The lowest BCUT2D eigenvalue weighted by atomic mass is 10.1. The highest BCUT2D eigenvalue weighted by Gasteiger charge is 2.17. The second-order valence-electron chi connectivity index (χ2n) is 5.92. The number of methoxy groups -OCH3 is 1. The molecule has 0 spiro atoms. The van der Waals surface area contributed by atoms with Crippen LogP contribution in [-0.4, -0.2) is 63.2 Å². The number of hydrogen-bond donors (Lipinski definition) is 2. The molecular weight excluding hydrogens is 370 g/mol. The Morgan fingerprint density at radius 2 is 1.89 bits per heavy atom. The maximum Gasteiger partial charge on any atom is 0.255 e. The van der Waals surface area contributed by atoms with Crippen molar-refractivity contribution >= 4 is 29.1 Å². The van der Waals surface area contributed by atoms with Gasteiger partial charge in [0, 0.05) is 25.8 Å². The van der Waals surface area contributed by atoms with Crippen molar-refractivity contribution in [3.05, 3.63) is 22.7 Å². The average Bonchev–Trinajstić information content (AvgIpc) is 2.66. The first-order chi connectivity index (χ1) is 13.0. The summed E-state index contributed by atoms with van der Waals surface area (Å²) in [6, 6.07) is 3.04. The maximum absolute atomic E-state index is 12.5. The molecule has 0 aliphatic rings. The van der Waals surface area contributed by atoms with Gasteiger partial charge in [-0.05, 0) is 25.6 Å². The van der Waals surface area contributed by atoms with Crippen molar-refractivity contribution in [1.29, 1.82) is 0 Å². The first-order valence-electron chi connectivity index (χ1n) is 9.22. The van der Waals surface area contributed by atoms with Crippen LogP contribution in [-0.2, 0) is 9.53 Å². The molecule has 0 atom stereocenters. The van der Waals surface area contributed by atoms with Gasteiger partial charge in [-0.1, -0.05) is 32.4 Å². The fraction of sp³-hybridized carbons (Fsp3) is 0.579. The summed E-state index contributed by atoms with van der Waals surface area (Å²) in [5, 5.41) is 5.79. The van der Waals surface area contributed by atoms with Crippen LogP contribution in [0.1, 0.15) is 37.6 Å². The minimum atomic E-state index is -0.316. The van der Waals surface area contributed by atoms with Gasteiger partial charge in [0.1, 0.15) is 12.4 Å². The van der Waals surface area contributed by atoms with Gasteiger partial charge in [-0.2, -0.15) is 0 Å². The molecule has 0 saturated heterocycles. The topological polar surface area (TPSA) is 79.9 Å². The Bertz CT molecular complexity index is 621. The van der Waals surface area contributed by atoms with Crippen LogP contribution < -0.4 is 15.4 Å². The number of carbonyl (C=O) groups excluding carboxylic acids is 2. The second kappa shape index (κ2) is 12.5. The number of amides is 2. The van der Waals surface area contributed by atoms with Gasteiger partial charge in [0.2, 0.25) is 5.91 Å². The number of hydrogen-bond acceptors (Lipinski definition) is 5. The summed E-state index contributed by atoms with van der Waals surface area (Å²) in [6.07, 6.45) is 0.833. The predicted octanol–water partition coefficient (Wildman–Crippen LogP) is 2.79. The number of anilines is 1. The molecule has 0 heterocycles. The van der Waals surface area contributed by atoms with Gasteiger partial charge in [-0.15, -0.1) is 0 Å². The SMILES string of the molecule is CCCOCC(=O)Nc1cc(OC)c(C(=O)NCCN(CC)CC)cc1Cl. The van der Waals surface area contributed by atoms with Crippen molar-refractivity contribution < 1.29 is 19.1 Å². The fourth-order valence-electron chi connectivity index (χ4n) is 2.45. The summed E-state index contributed by atoms with van der Waals surface area (Å²) < 4.78 is 10.5. The van der Waals surface area contributed by atoms with Gasteiger partial charge in [0.25, 0.3) is 5.91 Å². The highest BCUT2D eigenvalue weighted by molar-refractivity contribution is 6.34. The normalized spacial score (nSPS) is 10.7. The summed E-state index contributed by atoms with van der Waals surface area (Å²) in [7, 11) is 1.46. The Hall–Kier alpha value is -1.83. The van der Waals surface area contributed by atoms with Crippen molar-refractivity contribution in [3.63, 3.8) is 0 Å². The Balaban J connectivity index is 2.77. The molecule has 1 aromatic rings. The number of ether oxygens (including phenoxy) is 2. The number of nitrogens with zero attached hydrogens (tertiary/aromatic N) is 1. The third-order valence-electron chi connectivity index (χ3n) is 4.00. The molecule has 0 aliphatic carbocycles. The van der Waals surface area contributed by atoms with E-state index in [2.05, 4.69) is 29.4 Å². The Morgan fingerprint density at radius 3 is 2.48 bits per heavy atom. The standard InChI is InChI=1S/C19H30ClN3O4/c1-5-10-27-13-18(24)22-16-12-17(26-4)14(11-15(16)20)19(25)21-8-9-23(6-2)7-3/h11-12H,5-10,13H2,1-4H3,(H,21,25)(H,22,24). The zero-order valence-electron chi connectivity index (χ0n) is 16.6. The number of benzene rings is 1. The van der Waals surface area contributed by atoms with Crippen LogP contribution in [0.5, 0.6) is 5.75 Å². The third kappa shape index (κ3) is 7.74. The van der Waals surface area contributed by atoms with E-state index in [1.54, 1.807) is 6.07 Å². The monoisotopic (exact) mass is 399 g/mol. The maximum atomic E-state index is 12.5. The van der Waals surface area contributed by atoms with E-state index < -0.39 is 0 Å². The number of nitrogens with one attached hydrogen (secondary N) is 2. The zero-order valence-corrected chi connectivity index (χ0v) is 17.3. The van der Waals surface area contributed by atoms with Crippen LogP contribution in [0.15, 0.2) is 12.1 Å². The Labute approximate surface area is 166 Å². The average molecular weight is 400 g/mol. The first-order valence-corrected chi connectivity index (χ1v) is 9.60. The number of likely N-dealkylation sites (N-methyl/N-ethyl adjacent to an activating group) is 1. The van der Waals surface area contributed by atoms with Crippen molar-refractivity contribution in [2.24, 2.45) is 0 Å². The van der Waals surface area contributed by atoms with Gasteiger partial charge < -0.3 is 25.0 Å². The summed E-state index contributed by atoms with van der Waals surface area (Å²) in [5.74, 6) is -0.251. The fourth-order valence-corrected chi connectivity index (χ4v) is 2.66. The molecular formula is C19H30ClN3O4. The van der Waals surface area contributed by atoms with E-state index in [1.165, 1.54) is 13.2 Å². The van der Waals surface area contributed by atoms with Crippen LogP contribution in [0.25, 0.3) is 0 Å². The van der Waals surface area contributed by atoms with Gasteiger partial charge in [-0.3, -0.25) is 9.59 Å². The van der Waals surface area contributed by atoms with Crippen LogP contribution in [0.4, 0.5) is 5.69 Å². The Morgan fingerprint density at radius 1 is 1.19 bits per heavy atom. The lowest BCUT2D eigenvalue weighted by molar-refractivity contribution is -0.120. The summed E-state index contributed by atoms with van der Waals surface area (Å²) in [5.41, 5.74) is 0.695.